The van der Waals surface area contributed by atoms with Gasteiger partial charge in [-0.05, 0) is 43.2 Å². The summed E-state index contributed by atoms with van der Waals surface area (Å²) >= 11 is 0. The molecular formula is C20H22N4O3. The number of carbonyl (C=O) groups excluding carboxylic acids is 1. The van der Waals surface area contributed by atoms with Crippen LogP contribution in [-0.2, 0) is 0 Å². The van der Waals surface area contributed by atoms with Crippen LogP contribution in [0.2, 0.25) is 0 Å². The number of aromatic nitrogens is 2. The Hall–Kier alpha value is -3.22. The zero-order valence-electron chi connectivity index (χ0n) is 15.3. The number of benzene rings is 2. The molecule has 7 heteroatoms. The number of nitrogens with zero attached hydrogens (tertiary/aromatic N) is 1. The predicted molar refractivity (Wildman–Crippen MR) is 104 cm³/mol. The molecule has 2 aromatic carbocycles. The summed E-state index contributed by atoms with van der Waals surface area (Å²) < 4.78 is 11.6. The predicted octanol–water partition coefficient (Wildman–Crippen LogP) is 3.53. The monoisotopic (exact) mass is 366 g/mol. The summed E-state index contributed by atoms with van der Waals surface area (Å²) in [6.07, 6.45) is 2.25. The summed E-state index contributed by atoms with van der Waals surface area (Å²) in [6.45, 7) is 4.95. The van der Waals surface area contributed by atoms with Crippen LogP contribution in [0.3, 0.4) is 0 Å². The van der Waals surface area contributed by atoms with Gasteiger partial charge in [-0.25, -0.2) is 9.78 Å². The Kier molecular flexibility index (Phi) is 4.58. The zero-order valence-corrected chi connectivity index (χ0v) is 15.3. The van der Waals surface area contributed by atoms with Crippen molar-refractivity contribution in [3.05, 3.63) is 47.8 Å². The van der Waals surface area contributed by atoms with Gasteiger partial charge >= 0.3 is 6.03 Å². The van der Waals surface area contributed by atoms with E-state index in [2.05, 4.69) is 20.6 Å². The van der Waals surface area contributed by atoms with Crippen molar-refractivity contribution in [3.63, 3.8) is 0 Å². The van der Waals surface area contributed by atoms with Crippen LogP contribution in [-0.4, -0.2) is 35.3 Å². The third-order valence-electron chi connectivity index (χ3n) is 4.85. The van der Waals surface area contributed by atoms with E-state index in [1.165, 1.54) is 0 Å². The van der Waals surface area contributed by atoms with E-state index < -0.39 is 0 Å². The van der Waals surface area contributed by atoms with E-state index in [4.69, 9.17) is 9.47 Å². The second kappa shape index (κ2) is 7.19. The number of para-hydroxylation sites is 2. The average Bonchev–Trinajstić information content (AvgIpc) is 3.14. The van der Waals surface area contributed by atoms with Crippen molar-refractivity contribution in [1.82, 2.24) is 15.3 Å². The van der Waals surface area contributed by atoms with Crippen LogP contribution in [0.5, 0.6) is 11.5 Å². The summed E-state index contributed by atoms with van der Waals surface area (Å²) in [5.41, 5.74) is 4.65. The molecule has 2 heterocycles. The number of nitrogens with one attached hydrogen (secondary N) is 3. The number of urea groups is 1. The molecule has 0 unspecified atom stereocenters. The maximum absolute atomic E-state index is 12.3. The van der Waals surface area contributed by atoms with E-state index >= 15 is 0 Å². The smallest absolute Gasteiger partial charge is 0.319 e. The molecule has 3 aromatic rings. The highest BCUT2D eigenvalue weighted by atomic mass is 16.6. The van der Waals surface area contributed by atoms with Crippen molar-refractivity contribution in [2.75, 3.05) is 18.5 Å². The van der Waals surface area contributed by atoms with Crippen molar-refractivity contribution < 1.29 is 14.3 Å². The molecule has 1 aliphatic heterocycles. The molecule has 140 valence electrons. The number of fused-ring (bicyclic) bond motifs is 2. The fourth-order valence-electron chi connectivity index (χ4n) is 3.19. The molecule has 0 saturated heterocycles. The summed E-state index contributed by atoms with van der Waals surface area (Å²) in [4.78, 5) is 19.7. The Balaban J connectivity index is 1.31. The van der Waals surface area contributed by atoms with Gasteiger partial charge in [0, 0.05) is 18.7 Å². The lowest BCUT2D eigenvalue weighted by Crippen LogP contribution is -2.36. The van der Waals surface area contributed by atoms with Crippen molar-refractivity contribution in [2.45, 2.75) is 26.4 Å². The molecule has 2 amide bonds. The number of aryl methyl sites for hydroxylation is 1. The van der Waals surface area contributed by atoms with Gasteiger partial charge in [0.25, 0.3) is 0 Å². The van der Waals surface area contributed by atoms with Crippen LogP contribution in [0, 0.1) is 13.8 Å². The number of anilines is 1. The highest BCUT2D eigenvalue weighted by molar-refractivity contribution is 5.94. The Morgan fingerprint density at radius 1 is 1.26 bits per heavy atom. The first kappa shape index (κ1) is 17.2. The van der Waals surface area contributed by atoms with Crippen LogP contribution in [0.15, 0.2) is 36.7 Å². The minimum Gasteiger partial charge on any atom is -0.486 e. The van der Waals surface area contributed by atoms with Gasteiger partial charge in [-0.1, -0.05) is 12.1 Å². The Morgan fingerprint density at radius 3 is 2.93 bits per heavy atom. The first-order valence-corrected chi connectivity index (χ1v) is 8.98. The first-order valence-electron chi connectivity index (χ1n) is 8.98. The molecule has 7 nitrogen and oxygen atoms in total. The van der Waals surface area contributed by atoms with Gasteiger partial charge in [0.15, 0.2) is 11.5 Å². The van der Waals surface area contributed by atoms with E-state index in [0.29, 0.717) is 19.6 Å². The van der Waals surface area contributed by atoms with E-state index in [9.17, 15) is 4.79 Å². The van der Waals surface area contributed by atoms with Gasteiger partial charge in [0.05, 0.1) is 17.4 Å². The summed E-state index contributed by atoms with van der Waals surface area (Å²) in [5.74, 6) is 1.51. The van der Waals surface area contributed by atoms with Crippen molar-refractivity contribution in [3.8, 4) is 11.5 Å². The van der Waals surface area contributed by atoms with Gasteiger partial charge in [-0.2, -0.15) is 0 Å². The molecule has 0 aliphatic carbocycles. The summed E-state index contributed by atoms with van der Waals surface area (Å²) in [7, 11) is 0. The minimum absolute atomic E-state index is 0.0782. The molecule has 1 aromatic heterocycles. The molecule has 3 N–H and O–H groups in total. The fraction of sp³-hybridized carbons (Fsp3) is 0.300. The van der Waals surface area contributed by atoms with Gasteiger partial charge in [-0.3, -0.25) is 0 Å². The summed E-state index contributed by atoms with van der Waals surface area (Å²) in [5, 5.41) is 5.80. The molecule has 0 fully saturated rings. The molecule has 0 radical (unpaired) electrons. The minimum atomic E-state index is -0.242. The lowest BCUT2D eigenvalue weighted by atomic mass is 10.1. The van der Waals surface area contributed by atoms with Gasteiger partial charge in [0.2, 0.25) is 0 Å². The van der Waals surface area contributed by atoms with Gasteiger partial charge < -0.3 is 25.1 Å². The maximum Gasteiger partial charge on any atom is 0.319 e. The largest absolute Gasteiger partial charge is 0.486 e. The number of hydrogen-bond donors (Lipinski definition) is 3. The molecule has 27 heavy (non-hydrogen) atoms. The lowest BCUT2D eigenvalue weighted by molar-refractivity contribution is 0.0854. The molecular weight excluding hydrogens is 344 g/mol. The van der Waals surface area contributed by atoms with E-state index in [1.807, 2.05) is 44.2 Å². The molecule has 0 bridgehead atoms. The highest BCUT2D eigenvalue weighted by Crippen LogP contribution is 2.31. The van der Waals surface area contributed by atoms with Crippen LogP contribution in [0.1, 0.15) is 17.5 Å². The summed E-state index contributed by atoms with van der Waals surface area (Å²) in [6, 6.07) is 9.26. The fourth-order valence-corrected chi connectivity index (χ4v) is 3.19. The number of carbonyl (C=O) groups is 1. The number of imidazole rings is 1. The van der Waals surface area contributed by atoms with Crippen molar-refractivity contribution in [1.29, 1.82) is 0 Å². The quantitative estimate of drug-likeness (QED) is 0.659. The number of amides is 2. The van der Waals surface area contributed by atoms with Gasteiger partial charge in [-0.15, -0.1) is 0 Å². The third kappa shape index (κ3) is 3.53. The normalized spacial score (nSPS) is 15.6. The van der Waals surface area contributed by atoms with Crippen molar-refractivity contribution >= 4 is 22.8 Å². The van der Waals surface area contributed by atoms with E-state index in [-0.39, 0.29) is 12.1 Å². The van der Waals surface area contributed by atoms with Crippen LogP contribution in [0.4, 0.5) is 10.5 Å². The number of aromatic amines is 1. The van der Waals surface area contributed by atoms with E-state index in [1.54, 1.807) is 6.33 Å². The SMILES string of the molecule is Cc1c(NC(=O)NCC[C@H]2COc3ccccc3O2)cc2[nH]cnc2c1C. The highest BCUT2D eigenvalue weighted by Gasteiger charge is 2.20. The molecule has 0 saturated carbocycles. The van der Waals surface area contributed by atoms with Crippen LogP contribution in [0.25, 0.3) is 11.0 Å². The van der Waals surface area contributed by atoms with Crippen LogP contribution < -0.4 is 20.1 Å². The molecule has 0 spiro atoms. The number of hydrogen-bond acceptors (Lipinski definition) is 4. The second-order valence-electron chi connectivity index (χ2n) is 6.64. The first-order chi connectivity index (χ1) is 13.1. The number of H-pyrrole nitrogens is 1. The number of rotatable bonds is 4. The topological polar surface area (TPSA) is 88.3 Å². The third-order valence-corrected chi connectivity index (χ3v) is 4.85. The Bertz CT molecular complexity index is 983. The average molecular weight is 366 g/mol. The molecule has 1 atom stereocenters. The maximum atomic E-state index is 12.3. The standard InChI is InChI=1S/C20H22N4O3/c1-12-13(2)19-16(22-11-23-19)9-15(12)24-20(25)21-8-7-14-10-26-17-5-3-4-6-18(17)27-14/h3-6,9,11,14H,7-8,10H2,1-2H3,(H,22,23)(H2,21,24,25)/t14-/m0/s1. The number of ether oxygens (including phenoxy) is 2. The lowest BCUT2D eigenvalue weighted by Gasteiger charge is -2.26. The zero-order chi connectivity index (χ0) is 18.8. The van der Waals surface area contributed by atoms with E-state index in [0.717, 1.165) is 39.3 Å². The van der Waals surface area contributed by atoms with Crippen molar-refractivity contribution in [2.24, 2.45) is 0 Å². The molecule has 4 rings (SSSR count). The van der Waals surface area contributed by atoms with Gasteiger partial charge in [0.1, 0.15) is 12.7 Å². The van der Waals surface area contributed by atoms with Crippen LogP contribution >= 0.6 is 0 Å². The Labute approximate surface area is 157 Å². The molecule has 1 aliphatic rings. The Morgan fingerprint density at radius 2 is 2.07 bits per heavy atom. The second-order valence-corrected chi connectivity index (χ2v) is 6.64.